The van der Waals surface area contributed by atoms with E-state index in [-0.39, 0.29) is 24.9 Å². The van der Waals surface area contributed by atoms with E-state index in [9.17, 15) is 18.4 Å². The standard InChI is InChI=1S/C36H34Cl2F2N6O2/c1-3-45(4-2)26-10-6-22(7-11-26)35-43-32-18-23(8-14-33(32)46(35)20-24-17-25(39)9-13-29(24)40)31(19-34(42)47)44-36(48)30(41)16-21-5-12-27(37)28(38)15-21/h5-15,17-18,30-31H,1-4,16,19-20,41H2,(H2,42,47)(H,44,48)/t30-,31?/m0/s1. The summed E-state index contributed by atoms with van der Waals surface area (Å²) in [6, 6.07) is 19.4. The van der Waals surface area contributed by atoms with E-state index in [0.29, 0.717) is 51.1 Å². The van der Waals surface area contributed by atoms with Gasteiger partial charge in [0, 0.05) is 29.9 Å². The van der Waals surface area contributed by atoms with Crippen molar-refractivity contribution in [2.24, 2.45) is 11.5 Å². The number of nitrogens with one attached hydrogen (secondary N) is 1. The first-order chi connectivity index (χ1) is 23.0. The number of carbonyl (C=O) groups excluding carboxylic acids is 2. The summed E-state index contributed by atoms with van der Waals surface area (Å²) >= 11 is 12.1. The third-order valence-electron chi connectivity index (χ3n) is 8.04. The van der Waals surface area contributed by atoms with Crippen LogP contribution in [0.2, 0.25) is 10.0 Å². The highest BCUT2D eigenvalue weighted by Gasteiger charge is 2.24. The molecule has 5 N–H and O–H groups in total. The molecule has 48 heavy (non-hydrogen) atoms. The number of hydrogen-bond donors (Lipinski definition) is 3. The molecule has 8 nitrogen and oxygen atoms in total. The van der Waals surface area contributed by atoms with Gasteiger partial charge in [-0.05, 0) is 98.1 Å². The quantitative estimate of drug-likeness (QED) is 0.132. The summed E-state index contributed by atoms with van der Waals surface area (Å²) in [5, 5.41) is 3.57. The second kappa shape index (κ2) is 15.1. The minimum absolute atomic E-state index is 0.00850. The second-order valence-corrected chi connectivity index (χ2v) is 12.1. The summed E-state index contributed by atoms with van der Waals surface area (Å²) in [7, 11) is 0. The van der Waals surface area contributed by atoms with Gasteiger partial charge in [0.2, 0.25) is 11.8 Å². The molecule has 0 spiro atoms. The van der Waals surface area contributed by atoms with Gasteiger partial charge in [-0.2, -0.15) is 0 Å². The predicted molar refractivity (Wildman–Crippen MR) is 186 cm³/mol. The van der Waals surface area contributed by atoms with Gasteiger partial charge in [0.15, 0.2) is 0 Å². The Morgan fingerprint density at radius 1 is 0.938 bits per heavy atom. The van der Waals surface area contributed by atoms with Gasteiger partial charge in [0.25, 0.3) is 0 Å². The van der Waals surface area contributed by atoms with Crippen molar-refractivity contribution in [1.82, 2.24) is 14.9 Å². The molecule has 0 aliphatic heterocycles. The van der Waals surface area contributed by atoms with E-state index < -0.39 is 35.5 Å². The average molecular weight is 692 g/mol. The van der Waals surface area contributed by atoms with Gasteiger partial charge in [-0.3, -0.25) is 9.59 Å². The van der Waals surface area contributed by atoms with E-state index in [4.69, 9.17) is 39.7 Å². The van der Waals surface area contributed by atoms with E-state index in [1.54, 1.807) is 41.0 Å². The van der Waals surface area contributed by atoms with E-state index in [2.05, 4.69) is 19.2 Å². The molecule has 2 radical (unpaired) electrons. The number of imidazole rings is 1. The number of primary amides is 1. The number of nitrogens with zero attached hydrogens (tertiary/aromatic N) is 3. The number of benzene rings is 4. The average Bonchev–Trinajstić information content (AvgIpc) is 3.42. The highest BCUT2D eigenvalue weighted by molar-refractivity contribution is 6.42. The van der Waals surface area contributed by atoms with Crippen LogP contribution in [0.25, 0.3) is 22.4 Å². The summed E-state index contributed by atoms with van der Waals surface area (Å²) in [5.41, 5.74) is 16.0. The monoisotopic (exact) mass is 690 g/mol. The number of halogens is 4. The Morgan fingerprint density at radius 3 is 2.33 bits per heavy atom. The number of anilines is 1. The van der Waals surface area contributed by atoms with Crippen LogP contribution < -0.4 is 21.7 Å². The van der Waals surface area contributed by atoms with E-state index >= 15 is 0 Å². The van der Waals surface area contributed by atoms with Crippen LogP contribution in [0.4, 0.5) is 14.5 Å². The number of hydrogen-bond acceptors (Lipinski definition) is 5. The lowest BCUT2D eigenvalue weighted by Crippen LogP contribution is -2.44. The summed E-state index contributed by atoms with van der Waals surface area (Å²) in [5.74, 6) is -1.75. The van der Waals surface area contributed by atoms with E-state index in [0.717, 1.165) is 29.4 Å². The molecular formula is C36H34Cl2F2N6O2. The van der Waals surface area contributed by atoms with Gasteiger partial charge >= 0.3 is 0 Å². The molecule has 0 bridgehead atoms. The Morgan fingerprint density at radius 2 is 1.67 bits per heavy atom. The van der Waals surface area contributed by atoms with Crippen LogP contribution in [0.5, 0.6) is 0 Å². The first-order valence-corrected chi connectivity index (χ1v) is 15.9. The van der Waals surface area contributed by atoms with E-state index in [1.807, 2.05) is 29.2 Å². The van der Waals surface area contributed by atoms with Crippen LogP contribution in [-0.4, -0.2) is 40.5 Å². The summed E-state index contributed by atoms with van der Waals surface area (Å²) < 4.78 is 30.8. The molecule has 2 atom stereocenters. The van der Waals surface area contributed by atoms with Crippen molar-refractivity contribution in [3.63, 3.8) is 0 Å². The van der Waals surface area contributed by atoms with Crippen LogP contribution >= 0.6 is 23.2 Å². The SMILES string of the molecule is [CH2]CN(C[CH2])c1ccc(-c2nc3cc(C(CC(N)=O)NC(=O)[C@@H](N)Cc4ccc(Cl)c(Cl)c4)ccc3n2Cc2cc(F)ccc2F)cc1. The van der Waals surface area contributed by atoms with Crippen molar-refractivity contribution in [3.05, 3.63) is 131 Å². The molecule has 2 amide bonds. The Bertz CT molecular complexity index is 1950. The minimum Gasteiger partial charge on any atom is -0.372 e. The molecule has 1 unspecified atom stereocenters. The number of rotatable bonds is 13. The molecule has 5 rings (SSSR count). The van der Waals surface area contributed by atoms with Crippen LogP contribution in [0.1, 0.15) is 29.2 Å². The predicted octanol–water partition coefficient (Wildman–Crippen LogP) is 6.41. The third-order valence-corrected chi connectivity index (χ3v) is 8.78. The van der Waals surface area contributed by atoms with Gasteiger partial charge in [0.1, 0.15) is 17.5 Å². The second-order valence-electron chi connectivity index (χ2n) is 11.3. The molecule has 0 saturated carbocycles. The molecule has 0 saturated heterocycles. The Balaban J connectivity index is 1.51. The lowest BCUT2D eigenvalue weighted by molar-refractivity contribution is -0.123. The largest absolute Gasteiger partial charge is 0.372 e. The molecule has 4 aromatic carbocycles. The maximum Gasteiger partial charge on any atom is 0.237 e. The zero-order valence-corrected chi connectivity index (χ0v) is 27.4. The molecular weight excluding hydrogens is 657 g/mol. The van der Waals surface area contributed by atoms with Crippen LogP contribution in [-0.2, 0) is 22.6 Å². The Labute approximate surface area is 287 Å². The number of amides is 2. The van der Waals surface area contributed by atoms with Gasteiger partial charge in [-0.15, -0.1) is 0 Å². The normalized spacial score (nSPS) is 12.6. The molecule has 0 aliphatic carbocycles. The summed E-state index contributed by atoms with van der Waals surface area (Å²) in [6.45, 7) is 8.95. The van der Waals surface area contributed by atoms with Crippen molar-refractivity contribution in [1.29, 1.82) is 0 Å². The first kappa shape index (κ1) is 34.8. The van der Waals surface area contributed by atoms with Crippen LogP contribution in [0.15, 0.2) is 78.9 Å². The summed E-state index contributed by atoms with van der Waals surface area (Å²) in [6.07, 6.45) is -0.0229. The zero-order chi connectivity index (χ0) is 34.5. The highest BCUT2D eigenvalue weighted by atomic mass is 35.5. The maximum atomic E-state index is 14.8. The van der Waals surface area contributed by atoms with Crippen LogP contribution in [0.3, 0.4) is 0 Å². The smallest absolute Gasteiger partial charge is 0.237 e. The topological polar surface area (TPSA) is 119 Å². The fourth-order valence-electron chi connectivity index (χ4n) is 5.52. The van der Waals surface area contributed by atoms with Crippen molar-refractivity contribution in [2.75, 3.05) is 18.0 Å². The third kappa shape index (κ3) is 7.95. The minimum atomic E-state index is -0.959. The highest BCUT2D eigenvalue weighted by Crippen LogP contribution is 2.31. The zero-order valence-electron chi connectivity index (χ0n) is 25.9. The number of fused-ring (bicyclic) bond motifs is 1. The first-order valence-electron chi connectivity index (χ1n) is 15.1. The van der Waals surface area contributed by atoms with Crippen molar-refractivity contribution in [3.8, 4) is 11.4 Å². The van der Waals surface area contributed by atoms with Gasteiger partial charge in [-0.1, -0.05) is 35.3 Å². The molecule has 12 heteroatoms. The van der Waals surface area contributed by atoms with Gasteiger partial charge in [0.05, 0.1) is 46.1 Å². The Kier molecular flexibility index (Phi) is 11.0. The molecule has 0 fully saturated rings. The molecule has 1 heterocycles. The van der Waals surface area contributed by atoms with Gasteiger partial charge < -0.3 is 26.3 Å². The van der Waals surface area contributed by atoms with E-state index in [1.165, 1.54) is 0 Å². The van der Waals surface area contributed by atoms with Crippen molar-refractivity contribution in [2.45, 2.75) is 31.5 Å². The van der Waals surface area contributed by atoms with Crippen molar-refractivity contribution >= 4 is 51.7 Å². The molecule has 1 aromatic heterocycles. The maximum absolute atomic E-state index is 14.8. The Hall–Kier alpha value is -4.51. The van der Waals surface area contributed by atoms with Crippen LogP contribution in [0, 0.1) is 25.5 Å². The molecule has 0 aliphatic rings. The summed E-state index contributed by atoms with van der Waals surface area (Å²) in [4.78, 5) is 32.2. The lowest BCUT2D eigenvalue weighted by Gasteiger charge is -2.21. The fourth-order valence-corrected chi connectivity index (χ4v) is 5.84. The number of aromatic nitrogens is 2. The molecule has 248 valence electrons. The number of nitrogens with two attached hydrogens (primary N) is 2. The lowest BCUT2D eigenvalue weighted by atomic mass is 10.0. The fraction of sp³-hybridized carbons (Fsp3) is 0.194. The van der Waals surface area contributed by atoms with Gasteiger partial charge in [-0.25, -0.2) is 13.8 Å². The molecule has 5 aromatic rings. The number of carbonyl (C=O) groups is 2. The van der Waals surface area contributed by atoms with Crippen molar-refractivity contribution < 1.29 is 18.4 Å².